The molecular formula is C21H26ClN5O2. The van der Waals surface area contributed by atoms with Gasteiger partial charge in [0.05, 0.1) is 5.69 Å². The molecule has 0 unspecified atom stereocenters. The molecule has 0 aliphatic heterocycles. The van der Waals surface area contributed by atoms with Crippen molar-refractivity contribution < 1.29 is 9.59 Å². The Balaban J connectivity index is 1.55. The fourth-order valence-corrected chi connectivity index (χ4v) is 3.09. The molecule has 3 N–H and O–H groups in total. The summed E-state index contributed by atoms with van der Waals surface area (Å²) in [5.74, 6) is -0.269. The molecule has 1 aliphatic rings. The summed E-state index contributed by atoms with van der Waals surface area (Å²) in [5, 5.41) is 13.4. The Hall–Kier alpha value is -2.80. The first-order chi connectivity index (χ1) is 14.0. The second-order valence-corrected chi connectivity index (χ2v) is 7.50. The number of aromatic nitrogens is 2. The molecule has 1 fully saturated rings. The van der Waals surface area contributed by atoms with E-state index in [1.807, 2.05) is 6.92 Å². The van der Waals surface area contributed by atoms with Crippen molar-refractivity contribution >= 4 is 41.0 Å². The van der Waals surface area contributed by atoms with Crippen molar-refractivity contribution in [1.82, 2.24) is 15.1 Å². The number of carbonyl (C=O) groups is 2. The number of unbranched alkanes of at least 4 members (excludes halogenated alkanes) is 1. The Kier molecular flexibility index (Phi) is 6.93. The number of benzene rings is 1. The maximum atomic E-state index is 12.2. The molecule has 3 amide bonds. The van der Waals surface area contributed by atoms with Crippen molar-refractivity contribution in [2.75, 3.05) is 10.6 Å². The van der Waals surface area contributed by atoms with Crippen LogP contribution in [0, 0.1) is 6.92 Å². The average molecular weight is 416 g/mol. The van der Waals surface area contributed by atoms with Crippen molar-refractivity contribution in [3.8, 4) is 0 Å². The van der Waals surface area contributed by atoms with Crippen molar-refractivity contribution in [3.63, 3.8) is 0 Å². The molecule has 1 heterocycles. The van der Waals surface area contributed by atoms with Crippen LogP contribution in [0.4, 0.5) is 16.2 Å². The van der Waals surface area contributed by atoms with Gasteiger partial charge in [0.1, 0.15) is 5.15 Å². The minimum Gasteiger partial charge on any atom is -0.335 e. The van der Waals surface area contributed by atoms with Gasteiger partial charge in [0, 0.05) is 35.6 Å². The molecule has 0 bridgehead atoms. The molecule has 1 aromatic carbocycles. The summed E-state index contributed by atoms with van der Waals surface area (Å²) < 4.78 is 1.77. The number of hydrogen-bond donors (Lipinski definition) is 3. The monoisotopic (exact) mass is 415 g/mol. The minimum atomic E-state index is -0.269. The number of amides is 3. The molecule has 2 aromatic rings. The van der Waals surface area contributed by atoms with Gasteiger partial charge in [0.15, 0.2) is 0 Å². The highest BCUT2D eigenvalue weighted by Gasteiger charge is 2.23. The normalized spacial score (nSPS) is 13.5. The van der Waals surface area contributed by atoms with Gasteiger partial charge in [-0.2, -0.15) is 5.10 Å². The Labute approximate surface area is 175 Å². The Morgan fingerprint density at radius 3 is 2.48 bits per heavy atom. The third kappa shape index (κ3) is 6.09. The number of aryl methyl sites for hydroxylation is 2. The summed E-state index contributed by atoms with van der Waals surface area (Å²) in [5.41, 5.74) is 2.84. The van der Waals surface area contributed by atoms with Crippen molar-refractivity contribution in [2.24, 2.45) is 0 Å². The molecule has 8 heteroatoms. The van der Waals surface area contributed by atoms with E-state index in [2.05, 4.69) is 28.0 Å². The lowest BCUT2D eigenvalue weighted by atomic mass is 10.2. The van der Waals surface area contributed by atoms with E-state index in [4.69, 9.17) is 11.6 Å². The van der Waals surface area contributed by atoms with E-state index in [1.54, 1.807) is 35.0 Å². The smallest absolute Gasteiger partial charge is 0.319 e. The summed E-state index contributed by atoms with van der Waals surface area (Å²) >= 11 is 6.38. The fraction of sp³-hybridized carbons (Fsp3) is 0.381. The molecule has 0 atom stereocenters. The number of carbonyl (C=O) groups excluding carboxylic acids is 2. The van der Waals surface area contributed by atoms with E-state index >= 15 is 0 Å². The van der Waals surface area contributed by atoms with Crippen LogP contribution in [0.15, 0.2) is 30.3 Å². The van der Waals surface area contributed by atoms with E-state index in [-0.39, 0.29) is 11.9 Å². The molecule has 154 valence electrons. The van der Waals surface area contributed by atoms with Crippen LogP contribution >= 0.6 is 11.6 Å². The van der Waals surface area contributed by atoms with Crippen LogP contribution in [-0.2, 0) is 11.3 Å². The van der Waals surface area contributed by atoms with Gasteiger partial charge in [-0.25, -0.2) is 4.79 Å². The molecule has 0 spiro atoms. The lowest BCUT2D eigenvalue weighted by Crippen LogP contribution is -2.30. The molecular weight excluding hydrogens is 390 g/mol. The molecule has 0 radical (unpaired) electrons. The Morgan fingerprint density at radius 1 is 1.21 bits per heavy atom. The number of urea groups is 1. The number of hydrogen-bond acceptors (Lipinski definition) is 3. The van der Waals surface area contributed by atoms with Gasteiger partial charge in [0.2, 0.25) is 5.91 Å². The zero-order valence-electron chi connectivity index (χ0n) is 16.7. The predicted molar refractivity (Wildman–Crippen MR) is 116 cm³/mol. The largest absolute Gasteiger partial charge is 0.335 e. The molecule has 1 saturated carbocycles. The number of rotatable bonds is 8. The lowest BCUT2D eigenvalue weighted by molar-refractivity contribution is -0.111. The van der Waals surface area contributed by atoms with E-state index in [0.29, 0.717) is 22.6 Å². The van der Waals surface area contributed by atoms with E-state index in [1.165, 1.54) is 6.08 Å². The zero-order valence-corrected chi connectivity index (χ0v) is 17.4. The molecule has 3 rings (SSSR count). The zero-order chi connectivity index (χ0) is 20.8. The summed E-state index contributed by atoms with van der Waals surface area (Å²) in [7, 11) is 0. The lowest BCUT2D eigenvalue weighted by Gasteiger charge is -2.08. The first-order valence-corrected chi connectivity index (χ1v) is 10.2. The van der Waals surface area contributed by atoms with Gasteiger partial charge in [-0.3, -0.25) is 9.48 Å². The fourth-order valence-electron chi connectivity index (χ4n) is 2.77. The molecule has 29 heavy (non-hydrogen) atoms. The topological polar surface area (TPSA) is 88.1 Å². The highest BCUT2D eigenvalue weighted by Crippen LogP contribution is 2.22. The second kappa shape index (κ2) is 9.60. The quantitative estimate of drug-likeness (QED) is 0.551. The first-order valence-electron chi connectivity index (χ1n) is 9.86. The van der Waals surface area contributed by atoms with Gasteiger partial charge >= 0.3 is 6.03 Å². The van der Waals surface area contributed by atoms with Crippen LogP contribution < -0.4 is 16.0 Å². The van der Waals surface area contributed by atoms with Crippen LogP contribution in [0.3, 0.4) is 0 Å². The van der Waals surface area contributed by atoms with E-state index < -0.39 is 0 Å². The van der Waals surface area contributed by atoms with Crippen LogP contribution in [0.25, 0.3) is 6.08 Å². The molecule has 7 nitrogen and oxygen atoms in total. The average Bonchev–Trinajstić information content (AvgIpc) is 3.45. The highest BCUT2D eigenvalue weighted by atomic mass is 35.5. The van der Waals surface area contributed by atoms with Crippen molar-refractivity contribution in [3.05, 3.63) is 46.8 Å². The third-order valence-corrected chi connectivity index (χ3v) is 4.96. The maximum absolute atomic E-state index is 12.2. The molecule has 0 saturated heterocycles. The number of nitrogens with one attached hydrogen (secondary N) is 3. The summed E-state index contributed by atoms with van der Waals surface area (Å²) in [6, 6.07) is 7.05. The highest BCUT2D eigenvalue weighted by molar-refractivity contribution is 6.31. The Morgan fingerprint density at radius 2 is 1.86 bits per heavy atom. The Bertz CT molecular complexity index is 901. The van der Waals surface area contributed by atoms with Gasteiger partial charge in [-0.15, -0.1) is 0 Å². The van der Waals surface area contributed by atoms with E-state index in [9.17, 15) is 9.59 Å². The number of nitrogens with zero attached hydrogens (tertiary/aromatic N) is 2. The number of halogens is 1. The summed E-state index contributed by atoms with van der Waals surface area (Å²) in [6.07, 6.45) is 7.25. The van der Waals surface area contributed by atoms with Crippen molar-refractivity contribution in [2.45, 2.75) is 52.1 Å². The molecule has 1 aliphatic carbocycles. The standard InChI is InChI=1S/C21H26ClN5O2/c1-3-4-13-27-20(22)18(14(2)26-27)11-12-19(28)23-15-5-7-16(8-6-15)24-21(29)25-17-9-10-17/h5-8,11-12,17H,3-4,9-10,13H2,1-2H3,(H,23,28)(H2,24,25,29)/b12-11+. The number of anilines is 2. The van der Waals surface area contributed by atoms with Gasteiger partial charge in [-0.1, -0.05) is 24.9 Å². The maximum Gasteiger partial charge on any atom is 0.319 e. The van der Waals surface area contributed by atoms with Crippen LogP contribution in [0.2, 0.25) is 5.15 Å². The minimum absolute atomic E-state index is 0.209. The third-order valence-electron chi connectivity index (χ3n) is 4.56. The predicted octanol–water partition coefficient (Wildman–Crippen LogP) is 4.58. The van der Waals surface area contributed by atoms with E-state index in [0.717, 1.165) is 43.5 Å². The van der Waals surface area contributed by atoms with Crippen LogP contribution in [0.5, 0.6) is 0 Å². The first kappa shape index (κ1) is 20.9. The summed E-state index contributed by atoms with van der Waals surface area (Å²) in [4.78, 5) is 24.0. The van der Waals surface area contributed by atoms with Crippen LogP contribution in [0.1, 0.15) is 43.9 Å². The van der Waals surface area contributed by atoms with Gasteiger partial charge in [0.25, 0.3) is 0 Å². The van der Waals surface area contributed by atoms with Crippen molar-refractivity contribution in [1.29, 1.82) is 0 Å². The molecule has 1 aromatic heterocycles. The SMILES string of the molecule is CCCCn1nc(C)c(/C=C/C(=O)Nc2ccc(NC(=O)NC3CC3)cc2)c1Cl. The van der Waals surface area contributed by atoms with Gasteiger partial charge < -0.3 is 16.0 Å². The second-order valence-electron chi connectivity index (χ2n) is 7.14. The van der Waals surface area contributed by atoms with Gasteiger partial charge in [-0.05, 0) is 56.5 Å². The van der Waals surface area contributed by atoms with Crippen LogP contribution in [-0.4, -0.2) is 27.8 Å². The summed E-state index contributed by atoms with van der Waals surface area (Å²) in [6.45, 7) is 4.74.